The van der Waals surface area contributed by atoms with Crippen LogP contribution in [0.3, 0.4) is 0 Å². The van der Waals surface area contributed by atoms with Gasteiger partial charge in [-0.3, -0.25) is 0 Å². The highest BCUT2D eigenvalue weighted by molar-refractivity contribution is 7.93. The summed E-state index contributed by atoms with van der Waals surface area (Å²) in [5, 5.41) is 12.8. The summed E-state index contributed by atoms with van der Waals surface area (Å²) < 4.78 is 30.5. The van der Waals surface area contributed by atoms with E-state index in [-0.39, 0.29) is 23.3 Å². The number of hydrogen-bond donors (Lipinski definition) is 1. The van der Waals surface area contributed by atoms with Gasteiger partial charge in [-0.15, -0.1) is 5.10 Å². The van der Waals surface area contributed by atoms with Crippen LogP contribution in [0, 0.1) is 0 Å². The first kappa shape index (κ1) is 15.9. The average Bonchev–Trinajstić information content (AvgIpc) is 3.12. The molecule has 3 aromatic rings. The summed E-state index contributed by atoms with van der Waals surface area (Å²) in [7, 11) is -3.31. The van der Waals surface area contributed by atoms with Crippen molar-refractivity contribution in [2.75, 3.05) is 19.0 Å². The summed E-state index contributed by atoms with van der Waals surface area (Å²) in [6.45, 7) is 1.80. The summed E-state index contributed by atoms with van der Waals surface area (Å²) >= 11 is 1.06. The number of nitrogens with zero attached hydrogens (tertiary/aromatic N) is 3. The Morgan fingerprint density at radius 2 is 2.04 bits per heavy atom. The fraction of sp³-hybridized carbons (Fsp3) is 0.286. The second-order valence-electron chi connectivity index (χ2n) is 4.72. The zero-order valence-corrected chi connectivity index (χ0v) is 14.0. The molecule has 7 nitrogen and oxygen atoms in total. The lowest BCUT2D eigenvalue weighted by molar-refractivity contribution is 0.201. The maximum absolute atomic E-state index is 11.8. The normalized spacial score (nSPS) is 11.9. The summed E-state index contributed by atoms with van der Waals surface area (Å²) in [6, 6.07) is 7.28. The molecule has 0 atom stereocenters. The van der Waals surface area contributed by atoms with Gasteiger partial charge in [0, 0.05) is 5.56 Å². The minimum Gasteiger partial charge on any atom is -0.491 e. The molecular weight excluding hydrogens is 338 g/mol. The molecule has 0 aliphatic rings. The standard InChI is InChI=1S/C14H15N3O4S2/c1-2-23(19,20)14-16-17-9-12(15-13(17)22-14)10-3-5-11(6-4-10)21-8-7-18/h3-6,9,18H,2,7-8H2,1H3. The number of aliphatic hydroxyl groups excluding tert-OH is 1. The van der Waals surface area contributed by atoms with Crippen LogP contribution in [0.15, 0.2) is 34.8 Å². The van der Waals surface area contributed by atoms with E-state index in [4.69, 9.17) is 9.84 Å². The summed E-state index contributed by atoms with van der Waals surface area (Å²) in [4.78, 5) is 4.95. The molecule has 0 bridgehead atoms. The van der Waals surface area contributed by atoms with Gasteiger partial charge >= 0.3 is 0 Å². The minimum atomic E-state index is -3.31. The number of fused-ring (bicyclic) bond motifs is 1. The van der Waals surface area contributed by atoms with E-state index < -0.39 is 9.84 Å². The maximum atomic E-state index is 11.8. The predicted molar refractivity (Wildman–Crippen MR) is 86.6 cm³/mol. The van der Waals surface area contributed by atoms with Gasteiger partial charge in [0.25, 0.3) is 0 Å². The Kier molecular flexibility index (Phi) is 4.33. The number of imidazole rings is 1. The van der Waals surface area contributed by atoms with E-state index in [9.17, 15) is 8.42 Å². The molecule has 122 valence electrons. The Labute approximate surface area is 137 Å². The second-order valence-corrected chi connectivity index (χ2v) is 8.13. The van der Waals surface area contributed by atoms with Gasteiger partial charge in [-0.2, -0.15) is 0 Å². The first-order chi connectivity index (χ1) is 11.0. The molecule has 0 radical (unpaired) electrons. The maximum Gasteiger partial charge on any atom is 0.232 e. The van der Waals surface area contributed by atoms with Crippen molar-refractivity contribution in [3.63, 3.8) is 0 Å². The third-order valence-electron chi connectivity index (χ3n) is 3.18. The molecule has 0 spiro atoms. The second kappa shape index (κ2) is 6.26. The first-order valence-corrected chi connectivity index (χ1v) is 9.43. The zero-order chi connectivity index (χ0) is 16.4. The van der Waals surface area contributed by atoms with Crippen molar-refractivity contribution in [1.82, 2.24) is 14.6 Å². The predicted octanol–water partition coefficient (Wildman–Crippen LogP) is 1.62. The molecule has 0 saturated carbocycles. The molecule has 2 heterocycles. The van der Waals surface area contributed by atoms with Crippen LogP contribution in [0.5, 0.6) is 5.75 Å². The van der Waals surface area contributed by atoms with E-state index in [1.807, 2.05) is 12.1 Å². The molecule has 0 aliphatic heterocycles. The molecular formula is C14H15N3O4S2. The third kappa shape index (κ3) is 3.21. The molecule has 0 aliphatic carbocycles. The quantitative estimate of drug-likeness (QED) is 0.724. The number of hydrogen-bond acceptors (Lipinski definition) is 7. The highest BCUT2D eigenvalue weighted by Gasteiger charge is 2.19. The molecule has 0 amide bonds. The van der Waals surface area contributed by atoms with Crippen molar-refractivity contribution in [1.29, 1.82) is 0 Å². The van der Waals surface area contributed by atoms with Gasteiger partial charge in [0.15, 0.2) is 0 Å². The number of aliphatic hydroxyl groups is 1. The Morgan fingerprint density at radius 3 is 2.65 bits per heavy atom. The summed E-state index contributed by atoms with van der Waals surface area (Å²) in [6.07, 6.45) is 1.70. The average molecular weight is 353 g/mol. The van der Waals surface area contributed by atoms with Gasteiger partial charge in [0.2, 0.25) is 19.1 Å². The molecule has 2 aromatic heterocycles. The van der Waals surface area contributed by atoms with E-state index in [0.717, 1.165) is 16.9 Å². The third-order valence-corrected chi connectivity index (χ3v) is 6.28. The molecule has 9 heteroatoms. The fourth-order valence-electron chi connectivity index (χ4n) is 1.96. The lowest BCUT2D eigenvalue weighted by Gasteiger charge is -2.04. The monoisotopic (exact) mass is 353 g/mol. The van der Waals surface area contributed by atoms with Crippen LogP contribution in [0.4, 0.5) is 0 Å². The number of sulfone groups is 1. The Balaban J connectivity index is 1.88. The molecule has 0 unspecified atom stereocenters. The SMILES string of the molecule is CCS(=O)(=O)c1nn2cc(-c3ccc(OCCO)cc3)nc2s1. The molecule has 3 rings (SSSR count). The van der Waals surface area contributed by atoms with E-state index >= 15 is 0 Å². The first-order valence-electron chi connectivity index (χ1n) is 6.96. The lowest BCUT2D eigenvalue weighted by Crippen LogP contribution is -2.03. The molecule has 1 aromatic carbocycles. The van der Waals surface area contributed by atoms with Crippen LogP contribution in [0.2, 0.25) is 0 Å². The Bertz CT molecular complexity index is 882. The minimum absolute atomic E-state index is 0.0197. The zero-order valence-electron chi connectivity index (χ0n) is 12.3. The van der Waals surface area contributed by atoms with E-state index in [0.29, 0.717) is 16.4 Å². The number of benzene rings is 1. The van der Waals surface area contributed by atoms with Crippen LogP contribution in [-0.4, -0.2) is 47.1 Å². The largest absolute Gasteiger partial charge is 0.491 e. The van der Waals surface area contributed by atoms with Crippen molar-refractivity contribution in [3.05, 3.63) is 30.5 Å². The Hall–Kier alpha value is -1.97. The van der Waals surface area contributed by atoms with Crippen LogP contribution in [-0.2, 0) is 9.84 Å². The van der Waals surface area contributed by atoms with Crippen molar-refractivity contribution in [2.45, 2.75) is 11.3 Å². The smallest absolute Gasteiger partial charge is 0.232 e. The van der Waals surface area contributed by atoms with Gasteiger partial charge in [0.1, 0.15) is 12.4 Å². The highest BCUT2D eigenvalue weighted by Crippen LogP contribution is 2.26. The van der Waals surface area contributed by atoms with Crippen LogP contribution >= 0.6 is 11.3 Å². The highest BCUT2D eigenvalue weighted by atomic mass is 32.2. The van der Waals surface area contributed by atoms with Gasteiger partial charge < -0.3 is 9.84 Å². The number of aromatic nitrogens is 3. The van der Waals surface area contributed by atoms with E-state index in [1.54, 1.807) is 25.3 Å². The van der Waals surface area contributed by atoms with Crippen LogP contribution < -0.4 is 4.74 Å². The van der Waals surface area contributed by atoms with Crippen LogP contribution in [0.1, 0.15) is 6.92 Å². The van der Waals surface area contributed by atoms with E-state index in [2.05, 4.69) is 10.1 Å². The van der Waals surface area contributed by atoms with Crippen molar-refractivity contribution in [3.8, 4) is 17.0 Å². The Morgan fingerprint density at radius 1 is 1.30 bits per heavy atom. The van der Waals surface area contributed by atoms with Gasteiger partial charge in [-0.1, -0.05) is 18.3 Å². The topological polar surface area (TPSA) is 93.8 Å². The number of rotatable bonds is 6. The van der Waals surface area contributed by atoms with E-state index in [1.165, 1.54) is 4.52 Å². The van der Waals surface area contributed by atoms with Crippen molar-refractivity contribution in [2.24, 2.45) is 0 Å². The van der Waals surface area contributed by atoms with Crippen molar-refractivity contribution >= 4 is 26.1 Å². The summed E-state index contributed by atoms with van der Waals surface area (Å²) in [5.74, 6) is 0.685. The molecule has 1 N–H and O–H groups in total. The van der Waals surface area contributed by atoms with Crippen molar-refractivity contribution < 1.29 is 18.3 Å². The lowest BCUT2D eigenvalue weighted by atomic mass is 10.2. The van der Waals surface area contributed by atoms with Gasteiger partial charge in [0.05, 0.1) is 24.3 Å². The van der Waals surface area contributed by atoms with Crippen LogP contribution in [0.25, 0.3) is 16.2 Å². The fourth-order valence-corrected chi connectivity index (χ4v) is 4.12. The van der Waals surface area contributed by atoms with Gasteiger partial charge in [-0.05, 0) is 24.3 Å². The van der Waals surface area contributed by atoms with Gasteiger partial charge in [-0.25, -0.2) is 17.9 Å². The molecule has 0 fully saturated rings. The number of ether oxygens (including phenoxy) is 1. The molecule has 0 saturated heterocycles. The molecule has 23 heavy (non-hydrogen) atoms. The summed E-state index contributed by atoms with van der Waals surface area (Å²) in [5.41, 5.74) is 1.58.